The first-order valence-electron chi connectivity index (χ1n) is 9.69. The Morgan fingerprint density at radius 1 is 1.22 bits per heavy atom. The molecule has 1 N–H and O–H groups in total. The van der Waals surface area contributed by atoms with Crippen LogP contribution in [0, 0.1) is 24.0 Å². The minimum Gasteiger partial charge on any atom is -0.312 e. The Balaban J connectivity index is 1.46. The SMILES string of the molecule is Cc1ccc(N2CC(c3nnc(NC(=O)c4ccc(C)c([N+](=O)[O-])c4)s3)CC2=O)cc1Cl. The van der Waals surface area contributed by atoms with E-state index in [9.17, 15) is 19.7 Å². The molecule has 0 spiro atoms. The van der Waals surface area contributed by atoms with E-state index in [-0.39, 0.29) is 34.6 Å². The van der Waals surface area contributed by atoms with Crippen molar-refractivity contribution < 1.29 is 14.5 Å². The Hall–Kier alpha value is -3.37. The zero-order valence-corrected chi connectivity index (χ0v) is 18.7. The summed E-state index contributed by atoms with van der Waals surface area (Å²) in [7, 11) is 0. The van der Waals surface area contributed by atoms with Crippen molar-refractivity contribution in [3.8, 4) is 0 Å². The Morgan fingerprint density at radius 3 is 2.69 bits per heavy atom. The van der Waals surface area contributed by atoms with E-state index in [1.807, 2.05) is 19.1 Å². The van der Waals surface area contributed by atoms with Gasteiger partial charge in [0.25, 0.3) is 11.6 Å². The summed E-state index contributed by atoms with van der Waals surface area (Å²) in [6.45, 7) is 3.94. The lowest BCUT2D eigenvalue weighted by molar-refractivity contribution is -0.385. The lowest BCUT2D eigenvalue weighted by Crippen LogP contribution is -2.24. The van der Waals surface area contributed by atoms with Gasteiger partial charge in [-0.25, -0.2) is 0 Å². The minimum atomic E-state index is -0.529. The maximum atomic E-state index is 12.6. The van der Waals surface area contributed by atoms with Gasteiger partial charge in [0.15, 0.2) is 0 Å². The van der Waals surface area contributed by atoms with Gasteiger partial charge in [-0.2, -0.15) is 0 Å². The minimum absolute atomic E-state index is 0.0392. The van der Waals surface area contributed by atoms with Crippen LogP contribution in [0.25, 0.3) is 0 Å². The largest absolute Gasteiger partial charge is 0.312 e. The predicted octanol–water partition coefficient (Wildman–Crippen LogP) is 4.49. The number of nitrogens with one attached hydrogen (secondary N) is 1. The molecular formula is C21H18ClN5O4S. The Labute approximate surface area is 192 Å². The summed E-state index contributed by atoms with van der Waals surface area (Å²) < 4.78 is 0. The van der Waals surface area contributed by atoms with E-state index in [1.54, 1.807) is 17.9 Å². The molecule has 1 unspecified atom stereocenters. The van der Waals surface area contributed by atoms with Crippen molar-refractivity contribution >= 4 is 51.3 Å². The molecule has 1 fully saturated rings. The van der Waals surface area contributed by atoms with E-state index < -0.39 is 10.8 Å². The van der Waals surface area contributed by atoms with E-state index in [1.165, 1.54) is 29.5 Å². The normalized spacial score (nSPS) is 15.8. The summed E-state index contributed by atoms with van der Waals surface area (Å²) in [5, 5.41) is 23.4. The highest BCUT2D eigenvalue weighted by Crippen LogP contribution is 2.35. The summed E-state index contributed by atoms with van der Waals surface area (Å²) in [6.07, 6.45) is 0.276. The van der Waals surface area contributed by atoms with Gasteiger partial charge in [0.05, 0.1) is 4.92 Å². The molecule has 9 nitrogen and oxygen atoms in total. The highest BCUT2D eigenvalue weighted by atomic mass is 35.5. The number of benzene rings is 2. The molecule has 0 bridgehead atoms. The zero-order chi connectivity index (χ0) is 23.0. The quantitative estimate of drug-likeness (QED) is 0.432. The van der Waals surface area contributed by atoms with Crippen LogP contribution in [-0.4, -0.2) is 33.5 Å². The number of aryl methyl sites for hydroxylation is 2. The van der Waals surface area contributed by atoms with E-state index in [4.69, 9.17) is 11.6 Å². The van der Waals surface area contributed by atoms with Crippen molar-refractivity contribution in [1.29, 1.82) is 0 Å². The molecule has 164 valence electrons. The highest BCUT2D eigenvalue weighted by Gasteiger charge is 2.34. The molecular weight excluding hydrogens is 454 g/mol. The maximum absolute atomic E-state index is 12.6. The van der Waals surface area contributed by atoms with E-state index in [0.717, 1.165) is 11.3 Å². The summed E-state index contributed by atoms with van der Waals surface area (Å²) >= 11 is 7.37. The summed E-state index contributed by atoms with van der Waals surface area (Å²) in [4.78, 5) is 37.3. The first kappa shape index (κ1) is 21.8. The number of carbonyl (C=O) groups is 2. The highest BCUT2D eigenvalue weighted by molar-refractivity contribution is 7.15. The number of hydrogen-bond donors (Lipinski definition) is 1. The van der Waals surface area contributed by atoms with Crippen LogP contribution in [0.1, 0.15) is 38.8 Å². The van der Waals surface area contributed by atoms with Gasteiger partial charge < -0.3 is 4.90 Å². The summed E-state index contributed by atoms with van der Waals surface area (Å²) in [6, 6.07) is 9.76. The fraction of sp³-hybridized carbons (Fsp3) is 0.238. The van der Waals surface area contributed by atoms with Crippen LogP contribution in [0.2, 0.25) is 5.02 Å². The van der Waals surface area contributed by atoms with Crippen molar-refractivity contribution in [2.75, 3.05) is 16.8 Å². The fourth-order valence-electron chi connectivity index (χ4n) is 3.44. The second kappa shape index (κ2) is 8.64. The van der Waals surface area contributed by atoms with Gasteiger partial charge in [-0.3, -0.25) is 25.0 Å². The third kappa shape index (κ3) is 4.32. The number of rotatable bonds is 5. The molecule has 11 heteroatoms. The number of carbonyl (C=O) groups excluding carboxylic acids is 2. The van der Waals surface area contributed by atoms with Gasteiger partial charge in [0, 0.05) is 46.8 Å². The molecule has 32 heavy (non-hydrogen) atoms. The van der Waals surface area contributed by atoms with Gasteiger partial charge in [-0.1, -0.05) is 35.1 Å². The summed E-state index contributed by atoms with van der Waals surface area (Å²) in [5.41, 5.74) is 2.15. The van der Waals surface area contributed by atoms with Crippen molar-refractivity contribution in [2.45, 2.75) is 26.2 Å². The van der Waals surface area contributed by atoms with Crippen molar-refractivity contribution in [1.82, 2.24) is 10.2 Å². The van der Waals surface area contributed by atoms with Crippen LogP contribution in [0.3, 0.4) is 0 Å². The lowest BCUT2D eigenvalue weighted by Gasteiger charge is -2.17. The van der Waals surface area contributed by atoms with Crippen LogP contribution in [0.5, 0.6) is 0 Å². The van der Waals surface area contributed by atoms with Crippen molar-refractivity contribution in [3.63, 3.8) is 0 Å². The van der Waals surface area contributed by atoms with Gasteiger partial charge in [0.2, 0.25) is 11.0 Å². The molecule has 2 amide bonds. The summed E-state index contributed by atoms with van der Waals surface area (Å²) in [5.74, 6) is -0.719. The van der Waals surface area contributed by atoms with Gasteiger partial charge in [0.1, 0.15) is 5.01 Å². The van der Waals surface area contributed by atoms with Gasteiger partial charge >= 0.3 is 0 Å². The fourth-order valence-corrected chi connectivity index (χ4v) is 4.44. The molecule has 1 aromatic heterocycles. The number of halogens is 1. The number of nitro benzene ring substituents is 1. The van der Waals surface area contributed by atoms with Crippen LogP contribution in [0.4, 0.5) is 16.5 Å². The third-order valence-electron chi connectivity index (χ3n) is 5.27. The first-order valence-corrected chi connectivity index (χ1v) is 10.9. The van der Waals surface area contributed by atoms with E-state index >= 15 is 0 Å². The molecule has 1 atom stereocenters. The topological polar surface area (TPSA) is 118 Å². The molecule has 4 rings (SSSR count). The van der Waals surface area contributed by atoms with Gasteiger partial charge in [-0.15, -0.1) is 10.2 Å². The Kier molecular flexibility index (Phi) is 5.90. The number of nitro groups is 1. The lowest BCUT2D eigenvalue weighted by atomic mass is 10.1. The van der Waals surface area contributed by atoms with Crippen LogP contribution in [0.15, 0.2) is 36.4 Å². The maximum Gasteiger partial charge on any atom is 0.273 e. The average Bonchev–Trinajstić information content (AvgIpc) is 3.36. The van der Waals surface area contributed by atoms with E-state index in [0.29, 0.717) is 22.1 Å². The number of hydrogen-bond acceptors (Lipinski definition) is 7. The van der Waals surface area contributed by atoms with Crippen LogP contribution in [-0.2, 0) is 4.79 Å². The molecule has 2 heterocycles. The average molecular weight is 472 g/mol. The van der Waals surface area contributed by atoms with Gasteiger partial charge in [-0.05, 0) is 37.6 Å². The zero-order valence-electron chi connectivity index (χ0n) is 17.2. The second-order valence-corrected chi connectivity index (χ2v) is 8.91. The Bertz CT molecular complexity index is 1240. The first-order chi connectivity index (χ1) is 15.2. The molecule has 1 aliphatic heterocycles. The number of nitrogens with zero attached hydrogens (tertiary/aromatic N) is 4. The van der Waals surface area contributed by atoms with Crippen LogP contribution < -0.4 is 10.2 Å². The van der Waals surface area contributed by atoms with Crippen molar-refractivity contribution in [3.05, 3.63) is 73.2 Å². The van der Waals surface area contributed by atoms with E-state index in [2.05, 4.69) is 15.5 Å². The number of amides is 2. The third-order valence-corrected chi connectivity index (χ3v) is 6.68. The molecule has 0 aliphatic carbocycles. The predicted molar refractivity (Wildman–Crippen MR) is 122 cm³/mol. The molecule has 0 saturated carbocycles. The monoisotopic (exact) mass is 471 g/mol. The molecule has 1 aliphatic rings. The molecule has 0 radical (unpaired) electrons. The Morgan fingerprint density at radius 2 is 1.97 bits per heavy atom. The molecule has 3 aromatic rings. The van der Waals surface area contributed by atoms with Crippen molar-refractivity contribution in [2.24, 2.45) is 0 Å². The number of aromatic nitrogens is 2. The smallest absolute Gasteiger partial charge is 0.273 e. The van der Waals surface area contributed by atoms with Crippen LogP contribution >= 0.6 is 22.9 Å². The standard InChI is InChI=1S/C21H18ClN5O4S/c1-11-4-6-15(9-16(11)22)26-10-14(8-18(26)28)20-24-25-21(32-20)23-19(29)13-5-3-12(2)17(7-13)27(30)31/h3-7,9,14H,8,10H2,1-2H3,(H,23,25,29). The molecule has 1 saturated heterocycles. The number of anilines is 2. The second-order valence-electron chi connectivity index (χ2n) is 7.50. The molecule has 2 aromatic carbocycles.